The van der Waals surface area contributed by atoms with Gasteiger partial charge in [-0.3, -0.25) is 9.80 Å². The SMILES string of the molecule is Cl.Cl.Fc1ccc([C@@H]2C[C@@H](N3CCN(CCN4CCCNC4=S)CC3)c3ccc(F)cc32)cc1. The summed E-state index contributed by atoms with van der Waals surface area (Å²) in [4.78, 5) is 7.34. The summed E-state index contributed by atoms with van der Waals surface area (Å²) in [6.45, 7) is 8.10. The molecular weight excluding hydrogens is 497 g/mol. The Kier molecular flexibility index (Phi) is 9.52. The standard InChI is InChI=1S/C25H30F2N4S.2ClH/c26-19-4-2-18(3-5-19)22-17-24(21-7-6-20(27)16-23(21)22)30-13-10-29(11-14-30)12-15-31-9-1-8-28-25(31)32;;/h2-7,16,22,24H,1,8-15,17H2,(H,28,32);2*1H/t22-,24+;;/m0../s1. The number of nitrogens with zero attached hydrogens (tertiary/aromatic N) is 3. The number of piperazine rings is 1. The van der Waals surface area contributed by atoms with E-state index in [1.54, 1.807) is 12.1 Å². The van der Waals surface area contributed by atoms with E-state index < -0.39 is 0 Å². The van der Waals surface area contributed by atoms with Crippen molar-refractivity contribution in [1.29, 1.82) is 0 Å². The van der Waals surface area contributed by atoms with Crippen LogP contribution in [0, 0.1) is 11.6 Å². The highest BCUT2D eigenvalue weighted by Gasteiger charge is 2.36. The van der Waals surface area contributed by atoms with Crippen molar-refractivity contribution in [3.8, 4) is 0 Å². The highest BCUT2D eigenvalue weighted by Crippen LogP contribution is 2.47. The molecule has 2 aromatic rings. The fourth-order valence-electron chi connectivity index (χ4n) is 5.44. The number of fused-ring (bicyclic) bond motifs is 1. The molecule has 2 fully saturated rings. The van der Waals surface area contributed by atoms with Gasteiger partial charge in [-0.1, -0.05) is 18.2 Å². The van der Waals surface area contributed by atoms with E-state index in [-0.39, 0.29) is 48.4 Å². The predicted molar refractivity (Wildman–Crippen MR) is 141 cm³/mol. The van der Waals surface area contributed by atoms with E-state index in [1.165, 1.54) is 17.7 Å². The molecule has 4 nitrogen and oxygen atoms in total. The van der Waals surface area contributed by atoms with Crippen molar-refractivity contribution in [3.05, 3.63) is 70.8 Å². The van der Waals surface area contributed by atoms with E-state index in [2.05, 4.69) is 20.0 Å². The van der Waals surface area contributed by atoms with Crippen LogP contribution in [0.3, 0.4) is 0 Å². The van der Waals surface area contributed by atoms with Gasteiger partial charge in [0.05, 0.1) is 0 Å². The number of benzene rings is 2. The van der Waals surface area contributed by atoms with E-state index in [4.69, 9.17) is 12.2 Å². The maximum atomic E-state index is 14.1. The van der Waals surface area contributed by atoms with Crippen molar-refractivity contribution in [3.63, 3.8) is 0 Å². The second-order valence-electron chi connectivity index (χ2n) is 9.08. The van der Waals surface area contributed by atoms with Gasteiger partial charge in [-0.25, -0.2) is 8.78 Å². The van der Waals surface area contributed by atoms with E-state index in [1.807, 2.05) is 18.2 Å². The van der Waals surface area contributed by atoms with Gasteiger partial charge in [0.15, 0.2) is 5.11 Å². The zero-order valence-corrected chi connectivity index (χ0v) is 21.5. The van der Waals surface area contributed by atoms with Crippen LogP contribution >= 0.6 is 37.0 Å². The minimum Gasteiger partial charge on any atom is -0.362 e. The van der Waals surface area contributed by atoms with Crippen molar-refractivity contribution in [2.24, 2.45) is 0 Å². The molecular formula is C25H32Cl2F2N4S. The molecule has 2 atom stereocenters. The van der Waals surface area contributed by atoms with E-state index in [9.17, 15) is 8.78 Å². The summed E-state index contributed by atoms with van der Waals surface area (Å²) in [5.74, 6) is -0.330. The lowest BCUT2D eigenvalue weighted by Crippen LogP contribution is -2.52. The minimum absolute atomic E-state index is 0. The highest BCUT2D eigenvalue weighted by atomic mass is 35.5. The monoisotopic (exact) mass is 528 g/mol. The summed E-state index contributed by atoms with van der Waals surface area (Å²) in [5.41, 5.74) is 3.33. The largest absolute Gasteiger partial charge is 0.362 e. The Labute approximate surface area is 218 Å². The fourth-order valence-corrected chi connectivity index (χ4v) is 5.72. The van der Waals surface area contributed by atoms with Crippen molar-refractivity contribution >= 4 is 42.1 Å². The van der Waals surface area contributed by atoms with Crippen LogP contribution in [0.1, 0.15) is 41.5 Å². The number of hydrogen-bond donors (Lipinski definition) is 1. The number of nitrogens with one attached hydrogen (secondary N) is 1. The molecule has 34 heavy (non-hydrogen) atoms. The topological polar surface area (TPSA) is 21.8 Å². The zero-order chi connectivity index (χ0) is 22.1. The first-order valence-electron chi connectivity index (χ1n) is 11.6. The quantitative estimate of drug-likeness (QED) is 0.571. The normalized spacial score (nSPS) is 23.0. The van der Waals surface area contributed by atoms with Gasteiger partial charge >= 0.3 is 0 Å². The summed E-state index contributed by atoms with van der Waals surface area (Å²) in [5, 5.41) is 4.17. The lowest BCUT2D eigenvalue weighted by molar-refractivity contribution is 0.0910. The molecule has 2 heterocycles. The molecule has 0 radical (unpaired) electrons. The van der Waals surface area contributed by atoms with Crippen LogP contribution in [0.4, 0.5) is 8.78 Å². The molecule has 1 N–H and O–H groups in total. The third-order valence-corrected chi connectivity index (χ3v) is 7.62. The van der Waals surface area contributed by atoms with Gasteiger partial charge in [0.2, 0.25) is 0 Å². The summed E-state index contributed by atoms with van der Waals surface area (Å²) < 4.78 is 27.6. The first-order chi connectivity index (χ1) is 15.6. The summed E-state index contributed by atoms with van der Waals surface area (Å²) >= 11 is 5.43. The van der Waals surface area contributed by atoms with Crippen LogP contribution < -0.4 is 5.32 Å². The molecule has 0 bridgehead atoms. The first kappa shape index (κ1) is 27.1. The molecule has 2 aromatic carbocycles. The van der Waals surface area contributed by atoms with E-state index in [0.717, 1.165) is 81.4 Å². The second-order valence-corrected chi connectivity index (χ2v) is 9.47. The van der Waals surface area contributed by atoms with Gasteiger partial charge in [0, 0.05) is 64.3 Å². The summed E-state index contributed by atoms with van der Waals surface area (Å²) in [6.07, 6.45) is 2.06. The number of hydrogen-bond acceptors (Lipinski definition) is 3. The third-order valence-electron chi connectivity index (χ3n) is 7.22. The average Bonchev–Trinajstić information content (AvgIpc) is 3.18. The molecule has 186 valence electrons. The van der Waals surface area contributed by atoms with Crippen molar-refractivity contribution in [2.45, 2.75) is 24.8 Å². The molecule has 2 aliphatic heterocycles. The Morgan fingerprint density at radius 2 is 1.56 bits per heavy atom. The highest BCUT2D eigenvalue weighted by molar-refractivity contribution is 7.80. The van der Waals surface area contributed by atoms with Gasteiger partial charge in [-0.05, 0) is 66.0 Å². The summed E-state index contributed by atoms with van der Waals surface area (Å²) in [7, 11) is 0. The van der Waals surface area contributed by atoms with Crippen molar-refractivity contribution in [1.82, 2.24) is 20.0 Å². The zero-order valence-electron chi connectivity index (χ0n) is 19.1. The molecule has 0 spiro atoms. The Morgan fingerprint density at radius 1 is 0.853 bits per heavy atom. The average molecular weight is 530 g/mol. The van der Waals surface area contributed by atoms with Crippen LogP contribution in [0.25, 0.3) is 0 Å². The van der Waals surface area contributed by atoms with Gasteiger partial charge in [0.1, 0.15) is 11.6 Å². The van der Waals surface area contributed by atoms with Crippen molar-refractivity contribution < 1.29 is 8.78 Å². The van der Waals surface area contributed by atoms with Crippen molar-refractivity contribution in [2.75, 3.05) is 52.4 Å². The summed E-state index contributed by atoms with van der Waals surface area (Å²) in [6, 6.07) is 12.2. The molecule has 0 amide bonds. The first-order valence-corrected chi connectivity index (χ1v) is 12.0. The van der Waals surface area contributed by atoms with E-state index >= 15 is 0 Å². The van der Waals surface area contributed by atoms with Crippen LogP contribution in [0.5, 0.6) is 0 Å². The van der Waals surface area contributed by atoms with Gasteiger partial charge in [-0.15, -0.1) is 24.8 Å². The minimum atomic E-state index is -0.236. The van der Waals surface area contributed by atoms with Gasteiger partial charge in [-0.2, -0.15) is 0 Å². The Hall–Kier alpha value is -1.51. The molecule has 0 saturated carbocycles. The maximum absolute atomic E-state index is 14.1. The molecule has 9 heteroatoms. The Bertz CT molecular complexity index is 970. The van der Waals surface area contributed by atoms with Crippen LogP contribution in [-0.4, -0.2) is 72.2 Å². The van der Waals surface area contributed by atoms with Crippen LogP contribution in [0.15, 0.2) is 42.5 Å². The lowest BCUT2D eigenvalue weighted by Gasteiger charge is -2.39. The predicted octanol–water partition coefficient (Wildman–Crippen LogP) is 4.58. The lowest BCUT2D eigenvalue weighted by atomic mass is 9.93. The van der Waals surface area contributed by atoms with Crippen LogP contribution in [0.2, 0.25) is 0 Å². The molecule has 0 unspecified atom stereocenters. The molecule has 1 aliphatic carbocycles. The second kappa shape index (κ2) is 12.0. The van der Waals surface area contributed by atoms with Crippen LogP contribution in [-0.2, 0) is 0 Å². The van der Waals surface area contributed by atoms with Gasteiger partial charge in [0.25, 0.3) is 0 Å². The number of rotatable bonds is 5. The Balaban J connectivity index is 0.00000162. The molecule has 0 aromatic heterocycles. The number of halogens is 4. The third kappa shape index (κ3) is 5.82. The fraction of sp³-hybridized carbons (Fsp3) is 0.480. The van der Waals surface area contributed by atoms with E-state index in [0.29, 0.717) is 0 Å². The Morgan fingerprint density at radius 3 is 2.26 bits per heavy atom. The smallest absolute Gasteiger partial charge is 0.168 e. The number of thiocarbonyl (C=S) groups is 1. The molecule has 2 saturated heterocycles. The molecule has 5 rings (SSSR count). The molecule has 3 aliphatic rings. The van der Waals surface area contributed by atoms with Gasteiger partial charge < -0.3 is 10.2 Å². The maximum Gasteiger partial charge on any atom is 0.168 e.